The van der Waals surface area contributed by atoms with Gasteiger partial charge in [-0.25, -0.2) is 4.98 Å². The summed E-state index contributed by atoms with van der Waals surface area (Å²) in [6.45, 7) is 1.49. The van der Waals surface area contributed by atoms with Crippen LogP contribution in [0, 0.1) is 0 Å². The van der Waals surface area contributed by atoms with Crippen LogP contribution in [0.5, 0.6) is 0 Å². The van der Waals surface area contributed by atoms with Crippen LogP contribution in [0.3, 0.4) is 0 Å². The van der Waals surface area contributed by atoms with E-state index >= 15 is 0 Å². The van der Waals surface area contributed by atoms with Crippen LogP contribution < -0.4 is 0 Å². The number of hydrogen-bond acceptors (Lipinski definition) is 6. The molecule has 0 bridgehead atoms. The number of hydrogen-bond donors (Lipinski definition) is 1. The van der Waals surface area contributed by atoms with Gasteiger partial charge in [0.25, 0.3) is 0 Å². The molecule has 1 aliphatic heterocycles. The number of aromatic nitrogens is 4. The SMILES string of the molecule is O=C(CCc1nc(-c2cccs2)no1)N1CCC[C@@H](c2nc3ccccc3[nH]2)C1. The number of aryl methyl sites for hydroxylation is 1. The van der Waals surface area contributed by atoms with Gasteiger partial charge in [0, 0.05) is 31.8 Å². The van der Waals surface area contributed by atoms with Crippen LogP contribution in [0.2, 0.25) is 0 Å². The van der Waals surface area contributed by atoms with Gasteiger partial charge in [-0.15, -0.1) is 11.3 Å². The molecule has 0 radical (unpaired) electrons. The van der Waals surface area contributed by atoms with Crippen molar-refractivity contribution in [3.05, 3.63) is 53.5 Å². The number of H-pyrrole nitrogens is 1. The Morgan fingerprint density at radius 1 is 1.24 bits per heavy atom. The van der Waals surface area contributed by atoms with Crippen LogP contribution in [0.15, 0.2) is 46.3 Å². The number of benzene rings is 1. The minimum absolute atomic E-state index is 0.127. The summed E-state index contributed by atoms with van der Waals surface area (Å²) in [5.41, 5.74) is 2.02. The third kappa shape index (κ3) is 3.80. The molecule has 5 rings (SSSR count). The Bertz CT molecular complexity index is 1080. The van der Waals surface area contributed by atoms with Gasteiger partial charge in [0.1, 0.15) is 5.82 Å². The predicted molar refractivity (Wildman–Crippen MR) is 111 cm³/mol. The number of rotatable bonds is 5. The van der Waals surface area contributed by atoms with E-state index in [0.717, 1.165) is 41.1 Å². The Morgan fingerprint density at radius 2 is 2.17 bits per heavy atom. The first-order valence-electron chi connectivity index (χ1n) is 9.85. The fraction of sp³-hybridized carbons (Fsp3) is 0.333. The van der Waals surface area contributed by atoms with Crippen LogP contribution in [0.25, 0.3) is 21.7 Å². The molecule has 0 aliphatic carbocycles. The normalized spacial score (nSPS) is 17.1. The number of nitrogens with zero attached hydrogens (tertiary/aromatic N) is 4. The summed E-state index contributed by atoms with van der Waals surface area (Å²) in [4.78, 5) is 28.2. The zero-order valence-corrected chi connectivity index (χ0v) is 16.7. The summed E-state index contributed by atoms with van der Waals surface area (Å²) >= 11 is 1.57. The maximum Gasteiger partial charge on any atom is 0.227 e. The Labute approximate surface area is 171 Å². The Kier molecular flexibility index (Phi) is 4.85. The number of aromatic amines is 1. The van der Waals surface area contributed by atoms with E-state index in [1.54, 1.807) is 11.3 Å². The Morgan fingerprint density at radius 3 is 3.03 bits per heavy atom. The number of piperidine rings is 1. The molecule has 8 heteroatoms. The molecule has 148 valence electrons. The van der Waals surface area contributed by atoms with Crippen molar-refractivity contribution < 1.29 is 9.32 Å². The lowest BCUT2D eigenvalue weighted by Gasteiger charge is -2.31. The third-order valence-corrected chi connectivity index (χ3v) is 6.20. The largest absolute Gasteiger partial charge is 0.342 e. The van der Waals surface area contributed by atoms with Gasteiger partial charge in [0.15, 0.2) is 0 Å². The van der Waals surface area contributed by atoms with E-state index < -0.39 is 0 Å². The number of carbonyl (C=O) groups excluding carboxylic acids is 1. The lowest BCUT2D eigenvalue weighted by Crippen LogP contribution is -2.39. The van der Waals surface area contributed by atoms with Gasteiger partial charge in [-0.2, -0.15) is 4.98 Å². The van der Waals surface area contributed by atoms with Crippen LogP contribution in [0.4, 0.5) is 0 Å². The standard InChI is InChI=1S/C21H21N5O2S/c27-19(10-9-18-24-21(25-28-18)17-8-4-12-29-17)26-11-3-5-14(13-26)20-22-15-6-1-2-7-16(15)23-20/h1-2,4,6-8,12,14H,3,5,9-11,13H2,(H,22,23)/t14-/m1/s1. The quantitative estimate of drug-likeness (QED) is 0.540. The molecule has 7 nitrogen and oxygen atoms in total. The second-order valence-corrected chi connectivity index (χ2v) is 8.25. The molecule has 1 aromatic carbocycles. The van der Waals surface area contributed by atoms with Crippen molar-refractivity contribution in [2.75, 3.05) is 13.1 Å². The zero-order valence-electron chi connectivity index (χ0n) is 15.9. The van der Waals surface area contributed by atoms with E-state index in [1.165, 1.54) is 0 Å². The minimum Gasteiger partial charge on any atom is -0.342 e. The van der Waals surface area contributed by atoms with Crippen LogP contribution in [-0.4, -0.2) is 44.0 Å². The molecule has 1 aliphatic rings. The highest BCUT2D eigenvalue weighted by atomic mass is 32.1. The maximum atomic E-state index is 12.8. The molecule has 0 spiro atoms. The average Bonchev–Trinajstić information content (AvgIpc) is 3.52. The summed E-state index contributed by atoms with van der Waals surface area (Å²) < 4.78 is 5.31. The molecule has 3 aromatic heterocycles. The number of amides is 1. The van der Waals surface area contributed by atoms with Crippen molar-refractivity contribution in [1.29, 1.82) is 0 Å². The van der Waals surface area contributed by atoms with Gasteiger partial charge in [-0.1, -0.05) is 23.4 Å². The zero-order chi connectivity index (χ0) is 19.6. The van der Waals surface area contributed by atoms with Crippen molar-refractivity contribution in [3.8, 4) is 10.7 Å². The molecular weight excluding hydrogens is 386 g/mol. The first kappa shape index (κ1) is 18.1. The number of nitrogens with one attached hydrogen (secondary N) is 1. The predicted octanol–water partition coefficient (Wildman–Crippen LogP) is 4.01. The average molecular weight is 407 g/mol. The Hall–Kier alpha value is -3.00. The second kappa shape index (κ2) is 7.79. The molecule has 4 heterocycles. The van der Waals surface area contributed by atoms with Crippen LogP contribution in [-0.2, 0) is 11.2 Å². The number of imidazole rings is 1. The van der Waals surface area contributed by atoms with Gasteiger partial charge in [-0.05, 0) is 36.4 Å². The number of carbonyl (C=O) groups is 1. The summed E-state index contributed by atoms with van der Waals surface area (Å²) in [5, 5.41) is 5.98. The molecule has 0 saturated carbocycles. The fourth-order valence-electron chi connectivity index (χ4n) is 3.83. The van der Waals surface area contributed by atoms with E-state index in [9.17, 15) is 4.79 Å². The van der Waals surface area contributed by atoms with E-state index in [4.69, 9.17) is 9.51 Å². The van der Waals surface area contributed by atoms with Crippen molar-refractivity contribution >= 4 is 28.3 Å². The van der Waals surface area contributed by atoms with Gasteiger partial charge >= 0.3 is 0 Å². The molecule has 0 unspecified atom stereocenters. The topological polar surface area (TPSA) is 87.9 Å². The van der Waals surface area contributed by atoms with Crippen molar-refractivity contribution in [3.63, 3.8) is 0 Å². The molecule has 1 amide bonds. The van der Waals surface area contributed by atoms with E-state index in [0.29, 0.717) is 31.1 Å². The second-order valence-electron chi connectivity index (χ2n) is 7.31. The van der Waals surface area contributed by atoms with Gasteiger partial charge < -0.3 is 14.4 Å². The molecule has 1 fully saturated rings. The van der Waals surface area contributed by atoms with E-state index in [-0.39, 0.29) is 11.8 Å². The first-order valence-corrected chi connectivity index (χ1v) is 10.7. The van der Waals surface area contributed by atoms with Gasteiger partial charge in [-0.3, -0.25) is 4.79 Å². The molecule has 29 heavy (non-hydrogen) atoms. The molecule has 1 atom stereocenters. The van der Waals surface area contributed by atoms with Crippen molar-refractivity contribution in [2.45, 2.75) is 31.6 Å². The highest BCUT2D eigenvalue weighted by molar-refractivity contribution is 7.13. The highest BCUT2D eigenvalue weighted by Gasteiger charge is 2.27. The highest BCUT2D eigenvalue weighted by Crippen LogP contribution is 2.27. The molecule has 4 aromatic rings. The summed E-state index contributed by atoms with van der Waals surface area (Å²) in [7, 11) is 0. The minimum atomic E-state index is 0.127. The monoisotopic (exact) mass is 407 g/mol. The van der Waals surface area contributed by atoms with Crippen LogP contribution >= 0.6 is 11.3 Å². The maximum absolute atomic E-state index is 12.8. The number of likely N-dealkylation sites (tertiary alicyclic amines) is 1. The van der Waals surface area contributed by atoms with Gasteiger partial charge in [0.05, 0.1) is 15.9 Å². The van der Waals surface area contributed by atoms with Crippen molar-refractivity contribution in [1.82, 2.24) is 25.0 Å². The van der Waals surface area contributed by atoms with E-state index in [1.807, 2.05) is 46.7 Å². The lowest BCUT2D eigenvalue weighted by molar-refractivity contribution is -0.132. The van der Waals surface area contributed by atoms with Crippen LogP contribution in [0.1, 0.15) is 36.9 Å². The summed E-state index contributed by atoms with van der Waals surface area (Å²) in [6, 6.07) is 11.9. The third-order valence-electron chi connectivity index (χ3n) is 5.33. The van der Waals surface area contributed by atoms with E-state index in [2.05, 4.69) is 15.1 Å². The number of para-hydroxylation sites is 2. The molecule has 1 N–H and O–H groups in total. The van der Waals surface area contributed by atoms with Crippen molar-refractivity contribution in [2.24, 2.45) is 0 Å². The Balaban J connectivity index is 1.21. The smallest absolute Gasteiger partial charge is 0.227 e. The molecular formula is C21H21N5O2S. The number of thiophene rings is 1. The van der Waals surface area contributed by atoms with Gasteiger partial charge in [0.2, 0.25) is 17.6 Å². The molecule has 1 saturated heterocycles. The lowest BCUT2D eigenvalue weighted by atomic mass is 9.97. The number of fused-ring (bicyclic) bond motifs is 1. The summed E-state index contributed by atoms with van der Waals surface area (Å²) in [6.07, 6.45) is 2.86. The summed E-state index contributed by atoms with van der Waals surface area (Å²) in [5.74, 6) is 2.44. The first-order chi connectivity index (χ1) is 14.3. The fourth-order valence-corrected chi connectivity index (χ4v) is 4.48.